The second-order valence-corrected chi connectivity index (χ2v) is 6.99. The average molecular weight is 413 g/mol. The lowest BCUT2D eigenvalue weighted by Gasteiger charge is -2.21. The summed E-state index contributed by atoms with van der Waals surface area (Å²) in [4.78, 5) is 26.6. The Morgan fingerprint density at radius 2 is 1.87 bits per heavy atom. The van der Waals surface area contributed by atoms with Gasteiger partial charge in [0.25, 0.3) is 0 Å². The molecule has 2 aromatic rings. The van der Waals surface area contributed by atoms with E-state index in [2.05, 4.69) is 10.6 Å². The molecular weight excluding hydrogens is 386 g/mol. The Morgan fingerprint density at radius 1 is 1.10 bits per heavy atom. The van der Waals surface area contributed by atoms with Crippen molar-refractivity contribution in [2.45, 2.75) is 19.9 Å². The average Bonchev–Trinajstić information content (AvgIpc) is 3.21. The molecule has 8 nitrogen and oxygen atoms in total. The number of hydrogen-bond acceptors (Lipinski definition) is 6. The fourth-order valence-corrected chi connectivity index (χ4v) is 3.14. The van der Waals surface area contributed by atoms with Crippen molar-refractivity contribution in [2.75, 3.05) is 38.9 Å². The predicted molar refractivity (Wildman–Crippen MR) is 113 cm³/mol. The smallest absolute Gasteiger partial charge is 0.238 e. The summed E-state index contributed by atoms with van der Waals surface area (Å²) >= 11 is 0. The van der Waals surface area contributed by atoms with Crippen molar-refractivity contribution in [1.29, 1.82) is 0 Å². The molecule has 30 heavy (non-hydrogen) atoms. The van der Waals surface area contributed by atoms with Crippen molar-refractivity contribution in [1.82, 2.24) is 10.2 Å². The normalized spacial score (nSPS) is 13.1. The van der Waals surface area contributed by atoms with Crippen LogP contribution in [0.3, 0.4) is 0 Å². The second-order valence-electron chi connectivity index (χ2n) is 6.99. The molecular formula is C22H27N3O5. The molecule has 0 radical (unpaired) electrons. The summed E-state index contributed by atoms with van der Waals surface area (Å²) in [6.45, 7) is 4.82. The first-order valence-corrected chi connectivity index (χ1v) is 9.83. The Labute approximate surface area is 176 Å². The van der Waals surface area contributed by atoms with Crippen molar-refractivity contribution in [3.05, 3.63) is 48.0 Å². The van der Waals surface area contributed by atoms with Gasteiger partial charge in [0.15, 0.2) is 11.5 Å². The van der Waals surface area contributed by atoms with Gasteiger partial charge in [-0.2, -0.15) is 0 Å². The van der Waals surface area contributed by atoms with Gasteiger partial charge in [-0.15, -0.1) is 0 Å². The molecule has 2 amide bonds. The van der Waals surface area contributed by atoms with Crippen molar-refractivity contribution in [3.8, 4) is 17.2 Å². The largest absolute Gasteiger partial charge is 0.497 e. The standard InChI is InChI=1S/C22H27N3O5/c1-4-25(13-22(27)24-17-6-5-7-18(11-17)28-3)12-21(26)23-15(2)16-8-9-19-20(10-16)30-14-29-19/h5-11,15H,4,12-14H2,1-3H3,(H,23,26)(H,24,27)/t15-/m0/s1. The van der Waals surface area contributed by atoms with Crippen LogP contribution in [-0.4, -0.2) is 50.3 Å². The van der Waals surface area contributed by atoms with Crippen LogP contribution >= 0.6 is 0 Å². The van der Waals surface area contributed by atoms with Gasteiger partial charge in [0.05, 0.1) is 26.2 Å². The van der Waals surface area contributed by atoms with Gasteiger partial charge < -0.3 is 24.8 Å². The Balaban J connectivity index is 1.50. The number of likely N-dealkylation sites (N-methyl/N-ethyl adjacent to an activating group) is 1. The van der Waals surface area contributed by atoms with E-state index in [0.29, 0.717) is 29.5 Å². The van der Waals surface area contributed by atoms with E-state index < -0.39 is 0 Å². The number of anilines is 1. The maximum atomic E-state index is 12.5. The van der Waals surface area contributed by atoms with E-state index >= 15 is 0 Å². The molecule has 8 heteroatoms. The van der Waals surface area contributed by atoms with Crippen LogP contribution in [0, 0.1) is 0 Å². The zero-order valence-electron chi connectivity index (χ0n) is 17.4. The van der Waals surface area contributed by atoms with Crippen molar-refractivity contribution in [3.63, 3.8) is 0 Å². The summed E-state index contributed by atoms with van der Waals surface area (Å²) in [5.41, 5.74) is 1.57. The van der Waals surface area contributed by atoms with Gasteiger partial charge in [-0.3, -0.25) is 14.5 Å². The predicted octanol–water partition coefficient (Wildman–Crippen LogP) is 2.56. The van der Waals surface area contributed by atoms with E-state index in [1.165, 1.54) is 0 Å². The highest BCUT2D eigenvalue weighted by Crippen LogP contribution is 2.34. The van der Waals surface area contributed by atoms with Crippen LogP contribution in [0.1, 0.15) is 25.5 Å². The molecule has 0 saturated heterocycles. The lowest BCUT2D eigenvalue weighted by Crippen LogP contribution is -2.41. The molecule has 0 aliphatic carbocycles. The third kappa shape index (κ3) is 5.64. The molecule has 3 rings (SSSR count). The summed E-state index contributed by atoms with van der Waals surface area (Å²) < 4.78 is 15.9. The van der Waals surface area contributed by atoms with Gasteiger partial charge in [-0.05, 0) is 43.3 Å². The number of rotatable bonds is 9. The molecule has 1 aliphatic heterocycles. The van der Waals surface area contributed by atoms with E-state index in [9.17, 15) is 9.59 Å². The fourth-order valence-electron chi connectivity index (χ4n) is 3.14. The Kier molecular flexibility index (Phi) is 7.13. The number of nitrogens with one attached hydrogen (secondary N) is 2. The summed E-state index contributed by atoms with van der Waals surface area (Å²) in [7, 11) is 1.57. The summed E-state index contributed by atoms with van der Waals surface area (Å²) in [6.07, 6.45) is 0. The summed E-state index contributed by atoms with van der Waals surface area (Å²) in [5, 5.41) is 5.79. The topological polar surface area (TPSA) is 89.1 Å². The molecule has 0 aromatic heterocycles. The van der Waals surface area contributed by atoms with Crippen LogP contribution in [0.5, 0.6) is 17.2 Å². The van der Waals surface area contributed by atoms with Crippen molar-refractivity contribution < 1.29 is 23.8 Å². The molecule has 0 fully saturated rings. The van der Waals surface area contributed by atoms with Crippen molar-refractivity contribution in [2.24, 2.45) is 0 Å². The Morgan fingerprint density at radius 3 is 2.63 bits per heavy atom. The monoisotopic (exact) mass is 413 g/mol. The molecule has 0 saturated carbocycles. The van der Waals surface area contributed by atoms with Crippen LogP contribution in [0.4, 0.5) is 5.69 Å². The number of fused-ring (bicyclic) bond motifs is 1. The SMILES string of the molecule is CCN(CC(=O)Nc1cccc(OC)c1)CC(=O)N[C@@H](C)c1ccc2c(c1)OCO2. The first-order valence-electron chi connectivity index (χ1n) is 9.83. The lowest BCUT2D eigenvalue weighted by atomic mass is 10.1. The van der Waals surface area contributed by atoms with Crippen LogP contribution in [0.15, 0.2) is 42.5 Å². The highest BCUT2D eigenvalue weighted by atomic mass is 16.7. The number of hydrogen-bond donors (Lipinski definition) is 2. The van der Waals surface area contributed by atoms with Crippen LogP contribution < -0.4 is 24.8 Å². The third-order valence-corrected chi connectivity index (χ3v) is 4.81. The van der Waals surface area contributed by atoms with E-state index in [4.69, 9.17) is 14.2 Å². The third-order valence-electron chi connectivity index (χ3n) is 4.81. The number of ether oxygens (including phenoxy) is 3. The van der Waals surface area contributed by atoms with E-state index in [0.717, 1.165) is 5.56 Å². The summed E-state index contributed by atoms with van der Waals surface area (Å²) in [6, 6.07) is 12.5. The highest BCUT2D eigenvalue weighted by molar-refractivity contribution is 5.92. The molecule has 0 bridgehead atoms. The number of benzene rings is 2. The molecule has 1 aliphatic rings. The molecule has 1 atom stereocenters. The van der Waals surface area contributed by atoms with Gasteiger partial charge in [0, 0.05) is 11.8 Å². The zero-order chi connectivity index (χ0) is 21.5. The maximum Gasteiger partial charge on any atom is 0.238 e. The van der Waals surface area contributed by atoms with Gasteiger partial charge >= 0.3 is 0 Å². The van der Waals surface area contributed by atoms with Gasteiger partial charge in [0.2, 0.25) is 18.6 Å². The molecule has 160 valence electrons. The van der Waals surface area contributed by atoms with E-state index in [1.807, 2.05) is 32.0 Å². The molecule has 2 aromatic carbocycles. The first kappa shape index (κ1) is 21.4. The molecule has 0 spiro atoms. The van der Waals surface area contributed by atoms with Crippen LogP contribution in [-0.2, 0) is 9.59 Å². The minimum absolute atomic E-state index is 0.111. The maximum absolute atomic E-state index is 12.5. The summed E-state index contributed by atoms with van der Waals surface area (Å²) in [5.74, 6) is 1.70. The second kappa shape index (κ2) is 9.98. The Bertz CT molecular complexity index is 902. The number of amides is 2. The van der Waals surface area contributed by atoms with Crippen LogP contribution in [0.25, 0.3) is 0 Å². The van der Waals surface area contributed by atoms with Crippen molar-refractivity contribution >= 4 is 17.5 Å². The fraction of sp³-hybridized carbons (Fsp3) is 0.364. The first-order chi connectivity index (χ1) is 14.5. The number of methoxy groups -OCH3 is 1. The quantitative estimate of drug-likeness (QED) is 0.657. The van der Waals surface area contributed by atoms with Gasteiger partial charge in [-0.25, -0.2) is 0 Å². The number of carbonyl (C=O) groups is 2. The molecule has 2 N–H and O–H groups in total. The number of nitrogens with zero attached hydrogens (tertiary/aromatic N) is 1. The lowest BCUT2D eigenvalue weighted by molar-refractivity contribution is -0.123. The van der Waals surface area contributed by atoms with E-state index in [-0.39, 0.29) is 37.7 Å². The minimum Gasteiger partial charge on any atom is -0.497 e. The number of carbonyl (C=O) groups excluding carboxylic acids is 2. The minimum atomic E-state index is -0.198. The zero-order valence-corrected chi connectivity index (χ0v) is 17.4. The van der Waals surface area contributed by atoms with Gasteiger partial charge in [0.1, 0.15) is 5.75 Å². The Hall–Kier alpha value is -3.26. The van der Waals surface area contributed by atoms with Crippen LogP contribution in [0.2, 0.25) is 0 Å². The molecule has 1 heterocycles. The molecule has 0 unspecified atom stereocenters. The van der Waals surface area contributed by atoms with Gasteiger partial charge in [-0.1, -0.05) is 19.1 Å². The van der Waals surface area contributed by atoms with E-state index in [1.54, 1.807) is 36.3 Å². The highest BCUT2D eigenvalue weighted by Gasteiger charge is 2.18.